The summed E-state index contributed by atoms with van der Waals surface area (Å²) in [7, 11) is 0. The van der Waals surface area contributed by atoms with Gasteiger partial charge in [0.1, 0.15) is 14.9 Å². The van der Waals surface area contributed by atoms with Gasteiger partial charge in [0.25, 0.3) is 0 Å². The molecule has 82 valence electrons. The molecule has 1 aromatic rings. The molecule has 0 saturated heterocycles. The van der Waals surface area contributed by atoms with Gasteiger partial charge in [0.05, 0.1) is 11.8 Å². The number of carbonyl (C=O) groups excluding carboxylic acids is 1. The van der Waals surface area contributed by atoms with Crippen molar-refractivity contribution < 1.29 is 9.53 Å². The molecule has 0 saturated carbocycles. The first-order chi connectivity index (χ1) is 6.79. The molecular weight excluding hydrogens is 234 g/mol. The van der Waals surface area contributed by atoms with Crippen LogP contribution in [0.3, 0.4) is 0 Å². The van der Waals surface area contributed by atoms with E-state index >= 15 is 0 Å². The summed E-state index contributed by atoms with van der Waals surface area (Å²) in [6.45, 7) is 9.03. The number of ether oxygens (including phenoxy) is 1. The molecule has 1 rings (SSSR count). The Morgan fingerprint density at radius 3 is 2.60 bits per heavy atom. The van der Waals surface area contributed by atoms with Crippen molar-refractivity contribution in [1.29, 1.82) is 0 Å². The normalized spacial score (nSPS) is 11.2. The molecule has 15 heavy (non-hydrogen) atoms. The second kappa shape index (κ2) is 4.33. The molecule has 0 radical (unpaired) electrons. The van der Waals surface area contributed by atoms with Gasteiger partial charge >= 0.3 is 5.97 Å². The summed E-state index contributed by atoms with van der Waals surface area (Å²) in [6, 6.07) is 0. The molecule has 0 aliphatic heterocycles. The number of esters is 1. The lowest BCUT2D eigenvalue weighted by atomic mass is 10.2. The molecule has 0 amide bonds. The molecule has 0 spiro atoms. The van der Waals surface area contributed by atoms with E-state index < -0.39 is 11.6 Å². The van der Waals surface area contributed by atoms with Crippen LogP contribution in [0.25, 0.3) is 5.57 Å². The third-order valence-corrected chi connectivity index (χ3v) is 2.56. The van der Waals surface area contributed by atoms with Crippen LogP contribution in [0.2, 0.25) is 4.34 Å². The van der Waals surface area contributed by atoms with Gasteiger partial charge in [0.2, 0.25) is 0 Å². The number of carbonyl (C=O) groups is 1. The first-order valence-corrected chi connectivity index (χ1v) is 5.53. The van der Waals surface area contributed by atoms with E-state index in [9.17, 15) is 4.79 Å². The van der Waals surface area contributed by atoms with Crippen molar-refractivity contribution in [3.8, 4) is 0 Å². The molecule has 0 unspecified atom stereocenters. The van der Waals surface area contributed by atoms with E-state index in [1.165, 1.54) is 17.5 Å². The molecule has 0 bridgehead atoms. The highest BCUT2D eigenvalue weighted by Crippen LogP contribution is 2.25. The monoisotopic (exact) mass is 245 g/mol. The fraction of sp³-hybridized carbons (Fsp3) is 0.400. The summed E-state index contributed by atoms with van der Waals surface area (Å²) in [5, 5.41) is 0.495. The lowest BCUT2D eigenvalue weighted by Crippen LogP contribution is -2.24. The van der Waals surface area contributed by atoms with Gasteiger partial charge in [-0.25, -0.2) is 9.78 Å². The second-order valence-electron chi connectivity index (χ2n) is 3.95. The van der Waals surface area contributed by atoms with Gasteiger partial charge in [0.15, 0.2) is 0 Å². The van der Waals surface area contributed by atoms with Gasteiger partial charge in [-0.3, -0.25) is 0 Å². The van der Waals surface area contributed by atoms with Crippen molar-refractivity contribution in [1.82, 2.24) is 4.98 Å². The summed E-state index contributed by atoms with van der Waals surface area (Å²) >= 11 is 6.91. The van der Waals surface area contributed by atoms with Gasteiger partial charge in [-0.1, -0.05) is 18.2 Å². The maximum Gasteiger partial charge on any atom is 0.341 e. The molecule has 0 atom stereocenters. The molecule has 0 aliphatic carbocycles. The molecule has 0 N–H and O–H groups in total. The Bertz CT molecular complexity index is 392. The third kappa shape index (κ3) is 3.64. The summed E-state index contributed by atoms with van der Waals surface area (Å²) in [6.07, 6.45) is 1.48. The molecule has 3 nitrogen and oxygen atoms in total. The second-order valence-corrected chi connectivity index (χ2v) is 5.61. The number of hydrogen-bond acceptors (Lipinski definition) is 4. The zero-order valence-corrected chi connectivity index (χ0v) is 10.4. The Balaban J connectivity index is 2.74. The minimum Gasteiger partial charge on any atom is -0.456 e. The van der Waals surface area contributed by atoms with Gasteiger partial charge < -0.3 is 4.74 Å². The predicted molar refractivity (Wildman–Crippen MR) is 62.0 cm³/mol. The first-order valence-electron chi connectivity index (χ1n) is 4.33. The molecular formula is C10H12ClNO2S. The van der Waals surface area contributed by atoms with E-state index in [1.54, 1.807) is 20.8 Å². The van der Waals surface area contributed by atoms with Crippen molar-refractivity contribution in [3.05, 3.63) is 22.1 Å². The molecule has 0 fully saturated rings. The highest BCUT2D eigenvalue weighted by molar-refractivity contribution is 7.17. The van der Waals surface area contributed by atoms with Gasteiger partial charge in [0, 0.05) is 0 Å². The zero-order chi connectivity index (χ0) is 11.6. The molecule has 0 aliphatic rings. The van der Waals surface area contributed by atoms with E-state index in [0.29, 0.717) is 9.34 Å². The summed E-state index contributed by atoms with van der Waals surface area (Å²) in [5.41, 5.74) is -0.289. The van der Waals surface area contributed by atoms with Crippen LogP contribution in [-0.2, 0) is 9.53 Å². The van der Waals surface area contributed by atoms with E-state index in [1.807, 2.05) is 0 Å². The Morgan fingerprint density at radius 1 is 1.60 bits per heavy atom. The van der Waals surface area contributed by atoms with E-state index in [4.69, 9.17) is 16.3 Å². The van der Waals surface area contributed by atoms with Crippen LogP contribution in [0.15, 0.2) is 12.8 Å². The average molecular weight is 246 g/mol. The number of hydrogen-bond donors (Lipinski definition) is 0. The van der Waals surface area contributed by atoms with E-state index in [-0.39, 0.29) is 5.57 Å². The fourth-order valence-corrected chi connectivity index (χ4v) is 1.69. The first kappa shape index (κ1) is 12.2. The van der Waals surface area contributed by atoms with Crippen LogP contribution in [0.1, 0.15) is 25.8 Å². The fourth-order valence-electron chi connectivity index (χ4n) is 0.821. The highest BCUT2D eigenvalue weighted by Gasteiger charge is 2.21. The van der Waals surface area contributed by atoms with Crippen LogP contribution in [0.5, 0.6) is 0 Å². The SMILES string of the molecule is C=C(C(=O)OC(C)(C)C)c1ncc(Cl)s1. The number of nitrogens with zero attached hydrogens (tertiary/aromatic N) is 1. The maximum atomic E-state index is 11.6. The quantitative estimate of drug-likeness (QED) is 0.594. The number of rotatable bonds is 2. The zero-order valence-electron chi connectivity index (χ0n) is 8.83. The smallest absolute Gasteiger partial charge is 0.341 e. The van der Waals surface area contributed by atoms with Crippen LogP contribution in [-0.4, -0.2) is 16.6 Å². The van der Waals surface area contributed by atoms with Crippen molar-refractivity contribution in [2.24, 2.45) is 0 Å². The maximum absolute atomic E-state index is 11.6. The third-order valence-electron chi connectivity index (χ3n) is 1.38. The van der Waals surface area contributed by atoms with Crippen LogP contribution < -0.4 is 0 Å². The van der Waals surface area contributed by atoms with Crippen LogP contribution in [0, 0.1) is 0 Å². The predicted octanol–water partition coefficient (Wildman–Crippen LogP) is 3.15. The van der Waals surface area contributed by atoms with Gasteiger partial charge in [-0.15, -0.1) is 11.3 Å². The highest BCUT2D eigenvalue weighted by atomic mass is 35.5. The lowest BCUT2D eigenvalue weighted by molar-refractivity contribution is -0.147. The van der Waals surface area contributed by atoms with Crippen LogP contribution >= 0.6 is 22.9 Å². The Labute approximate surface area is 97.7 Å². The largest absolute Gasteiger partial charge is 0.456 e. The summed E-state index contributed by atoms with van der Waals surface area (Å²) < 4.78 is 5.67. The van der Waals surface area contributed by atoms with Gasteiger partial charge in [-0.05, 0) is 20.8 Å². The average Bonchev–Trinajstić information content (AvgIpc) is 2.47. The van der Waals surface area contributed by atoms with Crippen molar-refractivity contribution >= 4 is 34.5 Å². The number of aromatic nitrogens is 1. The molecule has 0 aromatic carbocycles. The van der Waals surface area contributed by atoms with Gasteiger partial charge in [-0.2, -0.15) is 0 Å². The van der Waals surface area contributed by atoms with Crippen molar-refractivity contribution in [2.45, 2.75) is 26.4 Å². The topological polar surface area (TPSA) is 39.2 Å². The molecule has 5 heteroatoms. The minimum absolute atomic E-state index is 0.238. The molecule has 1 aromatic heterocycles. The number of thiazole rings is 1. The van der Waals surface area contributed by atoms with Crippen molar-refractivity contribution in [2.75, 3.05) is 0 Å². The Kier molecular flexibility index (Phi) is 3.52. The van der Waals surface area contributed by atoms with E-state index in [2.05, 4.69) is 11.6 Å². The summed E-state index contributed by atoms with van der Waals surface area (Å²) in [4.78, 5) is 15.5. The Morgan fingerprint density at radius 2 is 2.20 bits per heavy atom. The molecule has 1 heterocycles. The van der Waals surface area contributed by atoms with Crippen molar-refractivity contribution in [3.63, 3.8) is 0 Å². The standard InChI is InChI=1S/C10H12ClNO2S/c1-6(8-12-5-7(11)15-8)9(13)14-10(2,3)4/h5H,1H2,2-4H3. The minimum atomic E-state index is -0.527. The summed E-state index contributed by atoms with van der Waals surface area (Å²) in [5.74, 6) is -0.464. The Hall–Kier alpha value is -0.870. The number of halogens is 1. The lowest BCUT2D eigenvalue weighted by Gasteiger charge is -2.19. The van der Waals surface area contributed by atoms with Crippen LogP contribution in [0.4, 0.5) is 0 Å². The van der Waals surface area contributed by atoms with E-state index in [0.717, 1.165) is 0 Å².